The van der Waals surface area contributed by atoms with Crippen molar-refractivity contribution in [2.75, 3.05) is 19.6 Å². The van der Waals surface area contributed by atoms with Gasteiger partial charge in [-0.1, -0.05) is 0 Å². The Morgan fingerprint density at radius 2 is 2.19 bits per heavy atom. The smallest absolute Gasteiger partial charge is 0.339 e. The van der Waals surface area contributed by atoms with Gasteiger partial charge in [0.25, 0.3) is 10.0 Å². The molecule has 2 rings (SSSR count). The molecule has 1 aliphatic rings. The molecule has 10 heteroatoms. The lowest BCUT2D eigenvalue weighted by Crippen LogP contribution is -2.49. The number of aromatic nitrogens is 2. The van der Waals surface area contributed by atoms with Gasteiger partial charge >= 0.3 is 6.18 Å². The lowest BCUT2D eigenvalue weighted by atomic mass is 10.1. The van der Waals surface area contributed by atoms with E-state index in [9.17, 15) is 21.6 Å². The first-order chi connectivity index (χ1) is 9.68. The average Bonchev–Trinajstić information content (AvgIpc) is 2.83. The first kappa shape index (κ1) is 16.2. The van der Waals surface area contributed by atoms with Gasteiger partial charge in [0.1, 0.15) is 0 Å². The van der Waals surface area contributed by atoms with Crippen LogP contribution in [0.4, 0.5) is 13.2 Å². The van der Waals surface area contributed by atoms with E-state index in [0.717, 1.165) is 0 Å². The molecule has 1 saturated heterocycles. The molecule has 6 nitrogen and oxygen atoms in total. The Morgan fingerprint density at radius 1 is 1.48 bits per heavy atom. The molecule has 21 heavy (non-hydrogen) atoms. The van der Waals surface area contributed by atoms with Crippen molar-refractivity contribution in [3.8, 4) is 0 Å². The Hall–Kier alpha value is -1.13. The molecular weight excluding hydrogens is 309 g/mol. The van der Waals surface area contributed by atoms with Gasteiger partial charge in [-0.15, -0.1) is 0 Å². The highest BCUT2D eigenvalue weighted by Crippen LogP contribution is 2.20. The van der Waals surface area contributed by atoms with Crippen molar-refractivity contribution < 1.29 is 21.6 Å². The summed E-state index contributed by atoms with van der Waals surface area (Å²) in [5, 5.41) is 2.28. The number of imidazole rings is 1. The first-order valence-corrected chi connectivity index (χ1v) is 7.91. The van der Waals surface area contributed by atoms with Crippen LogP contribution in [0.3, 0.4) is 0 Å². The van der Waals surface area contributed by atoms with Crippen LogP contribution in [0.1, 0.15) is 12.8 Å². The lowest BCUT2D eigenvalue weighted by molar-refractivity contribution is -0.126. The Morgan fingerprint density at radius 3 is 2.76 bits per heavy atom. The second kappa shape index (κ2) is 5.93. The van der Waals surface area contributed by atoms with Crippen LogP contribution >= 0.6 is 0 Å². The summed E-state index contributed by atoms with van der Waals surface area (Å²) in [5.74, 6) is 0. The zero-order valence-corrected chi connectivity index (χ0v) is 12.3. The van der Waals surface area contributed by atoms with Gasteiger partial charge in [0.05, 0.1) is 12.9 Å². The standard InChI is InChI=1S/C11H17F3N4O2S/c1-17-6-10(16-8-17)21(19,20)18-4-2-3-9(5-18)15-7-11(12,13)14/h6,8-9,15H,2-5,7H2,1H3. The number of rotatable bonds is 4. The highest BCUT2D eigenvalue weighted by atomic mass is 32.2. The van der Waals surface area contributed by atoms with E-state index in [4.69, 9.17) is 0 Å². The van der Waals surface area contributed by atoms with Gasteiger partial charge in [-0.2, -0.15) is 17.5 Å². The number of nitrogens with one attached hydrogen (secondary N) is 1. The van der Waals surface area contributed by atoms with Crippen LogP contribution in [0.15, 0.2) is 17.6 Å². The molecule has 0 aromatic carbocycles. The quantitative estimate of drug-likeness (QED) is 0.886. The molecule has 1 aromatic heterocycles. The molecule has 0 amide bonds. The van der Waals surface area contributed by atoms with Crippen LogP contribution in [0.5, 0.6) is 0 Å². The molecule has 0 bridgehead atoms. The fourth-order valence-corrected chi connectivity index (χ4v) is 3.73. The minimum Gasteiger partial charge on any atom is -0.339 e. The summed E-state index contributed by atoms with van der Waals surface area (Å²) in [6.07, 6.45) is -0.521. The summed E-state index contributed by atoms with van der Waals surface area (Å²) in [7, 11) is -2.10. The summed E-state index contributed by atoms with van der Waals surface area (Å²) in [6, 6.07) is -0.501. The van der Waals surface area contributed by atoms with Gasteiger partial charge in [-0.25, -0.2) is 13.4 Å². The van der Waals surface area contributed by atoms with E-state index in [0.29, 0.717) is 19.4 Å². The number of sulfonamides is 1. The fraction of sp³-hybridized carbons (Fsp3) is 0.727. The zero-order chi connectivity index (χ0) is 15.7. The summed E-state index contributed by atoms with van der Waals surface area (Å²) in [4.78, 5) is 3.81. The van der Waals surface area contributed by atoms with Crippen LogP contribution in [0.2, 0.25) is 0 Å². The number of piperidine rings is 1. The minimum atomic E-state index is -4.30. The van der Waals surface area contributed by atoms with Crippen LogP contribution in [0, 0.1) is 0 Å². The topological polar surface area (TPSA) is 67.2 Å². The van der Waals surface area contributed by atoms with E-state index in [1.165, 1.54) is 21.4 Å². The monoisotopic (exact) mass is 326 g/mol. The van der Waals surface area contributed by atoms with Gasteiger partial charge in [0.2, 0.25) is 0 Å². The van der Waals surface area contributed by atoms with Crippen LogP contribution in [-0.4, -0.2) is 54.1 Å². The van der Waals surface area contributed by atoms with Gasteiger partial charge in [-0.05, 0) is 12.8 Å². The molecule has 2 heterocycles. The minimum absolute atomic E-state index is 0.0228. The highest BCUT2D eigenvalue weighted by Gasteiger charge is 2.34. The number of alkyl halides is 3. The van der Waals surface area contributed by atoms with Crippen molar-refractivity contribution in [3.63, 3.8) is 0 Å². The van der Waals surface area contributed by atoms with Crippen LogP contribution in [-0.2, 0) is 17.1 Å². The van der Waals surface area contributed by atoms with E-state index >= 15 is 0 Å². The maximum Gasteiger partial charge on any atom is 0.401 e. The largest absolute Gasteiger partial charge is 0.401 e. The maximum atomic E-state index is 12.3. The molecular formula is C11H17F3N4O2S. The van der Waals surface area contributed by atoms with Crippen molar-refractivity contribution in [2.45, 2.75) is 30.1 Å². The van der Waals surface area contributed by atoms with Gasteiger partial charge in [0.15, 0.2) is 5.03 Å². The van der Waals surface area contributed by atoms with E-state index in [2.05, 4.69) is 10.3 Å². The predicted molar refractivity (Wildman–Crippen MR) is 69.0 cm³/mol. The molecule has 1 aliphatic heterocycles. The molecule has 1 unspecified atom stereocenters. The van der Waals surface area contributed by atoms with Crippen molar-refractivity contribution >= 4 is 10.0 Å². The number of hydrogen-bond donors (Lipinski definition) is 1. The van der Waals surface area contributed by atoms with Gasteiger partial charge < -0.3 is 9.88 Å². The highest BCUT2D eigenvalue weighted by molar-refractivity contribution is 7.89. The van der Waals surface area contributed by atoms with E-state index < -0.39 is 28.8 Å². The fourth-order valence-electron chi connectivity index (χ4n) is 2.24. The van der Waals surface area contributed by atoms with E-state index in [-0.39, 0.29) is 11.6 Å². The predicted octanol–water partition coefficient (Wildman–Crippen LogP) is 0.725. The zero-order valence-electron chi connectivity index (χ0n) is 11.5. The average molecular weight is 326 g/mol. The Kier molecular flexibility index (Phi) is 4.59. The van der Waals surface area contributed by atoms with Crippen molar-refractivity contribution in [2.24, 2.45) is 7.05 Å². The Labute approximate surface area is 121 Å². The normalized spacial score (nSPS) is 21.6. The molecule has 0 aliphatic carbocycles. The summed E-state index contributed by atoms with van der Waals surface area (Å²) in [6.45, 7) is -0.798. The molecule has 120 valence electrons. The third-order valence-electron chi connectivity index (χ3n) is 3.26. The third kappa shape index (κ3) is 4.17. The summed E-state index contributed by atoms with van der Waals surface area (Å²) >= 11 is 0. The number of aryl methyl sites for hydroxylation is 1. The second-order valence-corrected chi connectivity index (χ2v) is 6.96. The summed E-state index contributed by atoms with van der Waals surface area (Å²) in [5.41, 5.74) is 0. The van der Waals surface area contributed by atoms with Crippen LogP contribution in [0.25, 0.3) is 0 Å². The van der Waals surface area contributed by atoms with Crippen LogP contribution < -0.4 is 5.32 Å². The molecule has 1 aromatic rings. The Balaban J connectivity index is 2.03. The lowest BCUT2D eigenvalue weighted by Gasteiger charge is -2.32. The molecule has 1 N–H and O–H groups in total. The molecule has 0 spiro atoms. The molecule has 1 fully saturated rings. The van der Waals surface area contributed by atoms with Gasteiger partial charge in [0, 0.05) is 32.4 Å². The maximum absolute atomic E-state index is 12.3. The molecule has 0 radical (unpaired) electrons. The van der Waals surface area contributed by atoms with Crippen molar-refractivity contribution in [1.29, 1.82) is 0 Å². The Bertz CT molecular complexity index is 585. The van der Waals surface area contributed by atoms with E-state index in [1.54, 1.807) is 7.05 Å². The molecule has 0 saturated carbocycles. The van der Waals surface area contributed by atoms with Crippen molar-refractivity contribution in [3.05, 3.63) is 12.5 Å². The number of halogens is 3. The number of hydrogen-bond acceptors (Lipinski definition) is 4. The van der Waals surface area contributed by atoms with Crippen molar-refractivity contribution in [1.82, 2.24) is 19.2 Å². The SMILES string of the molecule is Cn1cnc(S(=O)(=O)N2CCCC(NCC(F)(F)F)C2)c1. The summed E-state index contributed by atoms with van der Waals surface area (Å²) < 4.78 is 64.0. The van der Waals surface area contributed by atoms with E-state index in [1.807, 2.05) is 0 Å². The number of nitrogens with zero attached hydrogens (tertiary/aromatic N) is 3. The third-order valence-corrected chi connectivity index (χ3v) is 5.01. The second-order valence-electron chi connectivity index (χ2n) is 5.08. The first-order valence-electron chi connectivity index (χ1n) is 6.47. The molecule has 1 atom stereocenters. The van der Waals surface area contributed by atoms with Gasteiger partial charge in [-0.3, -0.25) is 0 Å².